The molecular weight excluding hydrogens is 998 g/mol. The predicted molar refractivity (Wildman–Crippen MR) is 280 cm³/mol. The summed E-state index contributed by atoms with van der Waals surface area (Å²) in [5.41, 5.74) is 16.7. The van der Waals surface area contributed by atoms with Gasteiger partial charge in [0.2, 0.25) is 0 Å². The van der Waals surface area contributed by atoms with Crippen LogP contribution in [0.4, 0.5) is 0 Å². The topological polar surface area (TPSA) is 50.9 Å². The SMILES string of the molecule is CC(C)(C)c1ccc(-c2ccnc(-c3[c-]c(-c4cccc5c4nc(-c4cc(C(C)(C)C)cc(C(C)(C)C)c4O)n5-c4ccc(C(C)(C)C)cc4-c4ccccc4)cc(C(C)(C)C)c3)c2)cc1.[Pt]. The van der Waals surface area contributed by atoms with E-state index in [2.05, 4.69) is 242 Å². The molecule has 8 aromatic rings. The second kappa shape index (κ2) is 17.8. The van der Waals surface area contributed by atoms with E-state index in [-0.39, 0.29) is 53.9 Å². The van der Waals surface area contributed by atoms with Crippen LogP contribution in [0, 0.1) is 6.07 Å². The molecule has 0 radical (unpaired) electrons. The quantitative estimate of drug-likeness (QED) is 0.169. The third kappa shape index (κ3) is 10.0. The number of rotatable bonds is 6. The van der Waals surface area contributed by atoms with E-state index in [1.807, 2.05) is 6.20 Å². The zero-order chi connectivity index (χ0) is 47.7. The molecular formula is C62H68N3OPt-. The van der Waals surface area contributed by atoms with Gasteiger partial charge in [-0.15, -0.1) is 29.3 Å². The van der Waals surface area contributed by atoms with Crippen LogP contribution >= 0.6 is 0 Å². The van der Waals surface area contributed by atoms with Crippen LogP contribution in [-0.4, -0.2) is 19.6 Å². The van der Waals surface area contributed by atoms with Gasteiger partial charge in [0.1, 0.15) is 11.6 Å². The number of benzene rings is 6. The molecule has 2 heterocycles. The maximum Gasteiger partial charge on any atom is 0.148 e. The second-order valence-corrected chi connectivity index (χ2v) is 23.4. The predicted octanol–water partition coefficient (Wildman–Crippen LogP) is 16.7. The summed E-state index contributed by atoms with van der Waals surface area (Å²) in [7, 11) is 0. The molecule has 0 atom stereocenters. The number of hydrogen-bond acceptors (Lipinski definition) is 3. The first-order chi connectivity index (χ1) is 30.8. The van der Waals surface area contributed by atoms with Gasteiger partial charge in [0, 0.05) is 44.1 Å². The Balaban J connectivity index is 0.00000666. The Morgan fingerprint density at radius 2 is 1.04 bits per heavy atom. The average Bonchev–Trinajstić information content (AvgIpc) is 3.64. The van der Waals surface area contributed by atoms with Crippen LogP contribution in [0.2, 0.25) is 0 Å². The van der Waals surface area contributed by atoms with E-state index in [9.17, 15) is 5.11 Å². The van der Waals surface area contributed by atoms with E-state index in [4.69, 9.17) is 9.97 Å². The van der Waals surface area contributed by atoms with E-state index >= 15 is 0 Å². The summed E-state index contributed by atoms with van der Waals surface area (Å²) in [4.78, 5) is 10.6. The van der Waals surface area contributed by atoms with Crippen LogP contribution in [0.1, 0.15) is 132 Å². The molecule has 0 saturated heterocycles. The van der Waals surface area contributed by atoms with Crippen molar-refractivity contribution in [2.45, 2.75) is 131 Å². The van der Waals surface area contributed by atoms with Gasteiger partial charge >= 0.3 is 0 Å². The molecule has 5 heteroatoms. The molecule has 0 saturated carbocycles. The van der Waals surface area contributed by atoms with Gasteiger partial charge in [0.15, 0.2) is 0 Å². The van der Waals surface area contributed by atoms with Crippen molar-refractivity contribution >= 4 is 11.0 Å². The number of nitrogens with zero attached hydrogens (tertiary/aromatic N) is 3. The maximum atomic E-state index is 12.6. The van der Waals surface area contributed by atoms with Crippen LogP contribution in [0.3, 0.4) is 0 Å². The van der Waals surface area contributed by atoms with Crippen molar-refractivity contribution in [3.8, 4) is 67.5 Å². The summed E-state index contributed by atoms with van der Waals surface area (Å²) >= 11 is 0. The monoisotopic (exact) mass is 1070 g/mol. The molecule has 348 valence electrons. The van der Waals surface area contributed by atoms with Crippen molar-refractivity contribution < 1.29 is 26.2 Å². The Bertz CT molecular complexity index is 3080. The Morgan fingerprint density at radius 1 is 0.463 bits per heavy atom. The third-order valence-corrected chi connectivity index (χ3v) is 13.0. The molecule has 0 fully saturated rings. The zero-order valence-electron chi connectivity index (χ0n) is 42.3. The van der Waals surface area contributed by atoms with Crippen molar-refractivity contribution in [2.24, 2.45) is 0 Å². The largest absolute Gasteiger partial charge is 0.507 e. The summed E-state index contributed by atoms with van der Waals surface area (Å²) in [6.45, 7) is 33.5. The molecule has 0 spiro atoms. The van der Waals surface area contributed by atoms with Crippen molar-refractivity contribution in [1.29, 1.82) is 0 Å². The number of phenolic OH excluding ortho intramolecular Hbond substituents is 1. The van der Waals surface area contributed by atoms with Gasteiger partial charge in [-0.3, -0.25) is 9.55 Å². The van der Waals surface area contributed by atoms with Gasteiger partial charge in [-0.1, -0.05) is 200 Å². The van der Waals surface area contributed by atoms with Crippen LogP contribution < -0.4 is 0 Å². The second-order valence-electron chi connectivity index (χ2n) is 23.4. The van der Waals surface area contributed by atoms with Crippen LogP contribution in [0.5, 0.6) is 5.75 Å². The molecule has 0 aliphatic rings. The average molecular weight is 1070 g/mol. The van der Waals surface area contributed by atoms with E-state index < -0.39 is 0 Å². The van der Waals surface area contributed by atoms with Gasteiger partial charge in [0.05, 0.1) is 22.3 Å². The Hall–Kier alpha value is -5.57. The fraction of sp³-hybridized carbons (Fsp3) is 0.323. The van der Waals surface area contributed by atoms with E-state index in [0.717, 1.165) is 72.5 Å². The van der Waals surface area contributed by atoms with Gasteiger partial charge in [0.25, 0.3) is 0 Å². The number of hydrogen-bond donors (Lipinski definition) is 1. The van der Waals surface area contributed by atoms with Gasteiger partial charge in [-0.25, -0.2) is 4.98 Å². The van der Waals surface area contributed by atoms with Crippen molar-refractivity contribution in [3.63, 3.8) is 0 Å². The molecule has 0 aliphatic carbocycles. The van der Waals surface area contributed by atoms with E-state index in [0.29, 0.717) is 11.4 Å². The summed E-state index contributed by atoms with van der Waals surface area (Å²) in [5, 5.41) is 12.6. The number of fused-ring (bicyclic) bond motifs is 1. The van der Waals surface area contributed by atoms with Crippen molar-refractivity contribution in [1.82, 2.24) is 14.5 Å². The first-order valence-corrected chi connectivity index (χ1v) is 23.5. The molecule has 0 unspecified atom stereocenters. The van der Waals surface area contributed by atoms with Gasteiger partial charge in [-0.2, -0.15) is 0 Å². The third-order valence-electron chi connectivity index (χ3n) is 13.0. The van der Waals surface area contributed by atoms with E-state index in [1.54, 1.807) is 0 Å². The number of pyridine rings is 1. The number of phenols is 1. The minimum Gasteiger partial charge on any atom is -0.507 e. The van der Waals surface area contributed by atoms with Crippen molar-refractivity contribution in [2.75, 3.05) is 0 Å². The molecule has 2 aromatic heterocycles. The Morgan fingerprint density at radius 3 is 1.66 bits per heavy atom. The van der Waals surface area contributed by atoms with Crippen LogP contribution in [-0.2, 0) is 48.1 Å². The number of para-hydroxylation sites is 1. The fourth-order valence-electron chi connectivity index (χ4n) is 8.80. The zero-order valence-corrected chi connectivity index (χ0v) is 44.6. The first kappa shape index (κ1) is 49.3. The Labute approximate surface area is 415 Å². The number of aromatic nitrogens is 3. The molecule has 0 bridgehead atoms. The minimum absolute atomic E-state index is 0. The molecule has 8 rings (SSSR count). The molecule has 1 N–H and O–H groups in total. The van der Waals surface area contributed by atoms with Gasteiger partial charge < -0.3 is 5.11 Å². The minimum atomic E-state index is -0.328. The van der Waals surface area contributed by atoms with Crippen molar-refractivity contribution in [3.05, 3.63) is 167 Å². The van der Waals surface area contributed by atoms with Crippen LogP contribution in [0.25, 0.3) is 72.7 Å². The summed E-state index contributed by atoms with van der Waals surface area (Å²) in [6, 6.07) is 49.8. The van der Waals surface area contributed by atoms with Gasteiger partial charge in [-0.05, 0) is 90.8 Å². The maximum absolute atomic E-state index is 12.6. The standard InChI is InChI=1S/C62H68N3O.Pt/c1-58(2,3)44-26-24-39(25-27-44)41-30-31-63-52(35-41)43-32-42(33-46(34-43)60(7,8)9)48-22-19-23-54-55(48)64-57(50-37-47(61(10,11)12)38-51(56(50)66)62(13,14)15)65(54)53-29-28-45(59(4,5)6)36-49(53)40-20-17-16-18-21-40;/h16-31,33-38,66H,1-15H3;/q-1;. The molecule has 4 nitrogen and oxygen atoms in total. The molecule has 0 amide bonds. The first-order valence-electron chi connectivity index (χ1n) is 23.5. The van der Waals surface area contributed by atoms with E-state index in [1.165, 1.54) is 16.7 Å². The molecule has 0 aliphatic heterocycles. The summed E-state index contributed by atoms with van der Waals surface area (Å²) < 4.78 is 2.28. The summed E-state index contributed by atoms with van der Waals surface area (Å²) in [6.07, 6.45) is 1.91. The molecule has 6 aromatic carbocycles. The smallest absolute Gasteiger partial charge is 0.148 e. The number of aromatic hydroxyl groups is 1. The number of imidazole rings is 1. The fourth-order valence-corrected chi connectivity index (χ4v) is 8.80. The Kier molecular flexibility index (Phi) is 13.1. The molecule has 67 heavy (non-hydrogen) atoms. The van der Waals surface area contributed by atoms with Crippen LogP contribution in [0.15, 0.2) is 134 Å². The summed E-state index contributed by atoms with van der Waals surface area (Å²) in [5.74, 6) is 0.940. The normalized spacial score (nSPS) is 12.6.